The van der Waals surface area contributed by atoms with Crippen LogP contribution in [0.25, 0.3) is 0 Å². The van der Waals surface area contributed by atoms with Crippen LogP contribution in [0.5, 0.6) is 0 Å². The molecule has 2 fully saturated rings. The van der Waals surface area contributed by atoms with Crippen molar-refractivity contribution >= 4 is 0 Å². The highest BCUT2D eigenvalue weighted by Gasteiger charge is 2.34. The minimum atomic E-state index is 0.151. The zero-order chi connectivity index (χ0) is 16.7. The summed E-state index contributed by atoms with van der Waals surface area (Å²) < 4.78 is 7.66. The third kappa shape index (κ3) is 2.95. The van der Waals surface area contributed by atoms with Gasteiger partial charge in [0, 0.05) is 39.0 Å². The molecule has 3 heterocycles. The van der Waals surface area contributed by atoms with Gasteiger partial charge in [0.15, 0.2) is 5.82 Å². The Morgan fingerprint density at radius 2 is 1.92 bits per heavy atom. The van der Waals surface area contributed by atoms with E-state index in [4.69, 9.17) is 4.52 Å². The first kappa shape index (κ1) is 15.7. The van der Waals surface area contributed by atoms with E-state index in [1.165, 1.54) is 12.8 Å². The summed E-state index contributed by atoms with van der Waals surface area (Å²) in [5.74, 6) is 4.20. The molecule has 8 heteroatoms. The Labute approximate surface area is 141 Å². The Morgan fingerprint density at radius 3 is 2.62 bits per heavy atom. The van der Waals surface area contributed by atoms with E-state index in [1.807, 2.05) is 7.05 Å². The number of nitrogens with zero attached hydrogens (tertiary/aromatic N) is 7. The van der Waals surface area contributed by atoms with Gasteiger partial charge in [0.1, 0.15) is 17.7 Å². The molecule has 1 atom stereocenters. The molecule has 1 aliphatic heterocycles. The molecule has 0 aromatic carbocycles. The molecule has 4 rings (SSSR count). The first-order chi connectivity index (χ1) is 11.7. The molecular weight excluding hydrogens is 306 g/mol. The molecule has 0 spiro atoms. The number of likely N-dealkylation sites (N-methyl/N-ethyl adjacent to an activating group) is 1. The van der Waals surface area contributed by atoms with E-state index in [-0.39, 0.29) is 6.04 Å². The van der Waals surface area contributed by atoms with E-state index < -0.39 is 0 Å². The van der Waals surface area contributed by atoms with Crippen molar-refractivity contribution < 1.29 is 4.52 Å². The van der Waals surface area contributed by atoms with Crippen molar-refractivity contribution in [1.29, 1.82) is 0 Å². The molecular formula is C16H25N7O. The van der Waals surface area contributed by atoms with E-state index >= 15 is 0 Å². The molecule has 2 aromatic rings. The first-order valence-electron chi connectivity index (χ1n) is 8.79. The fourth-order valence-corrected chi connectivity index (χ4v) is 3.27. The van der Waals surface area contributed by atoms with Gasteiger partial charge in [-0.05, 0) is 19.9 Å². The van der Waals surface area contributed by atoms with Crippen LogP contribution in [-0.2, 0) is 20.0 Å². The molecule has 24 heavy (non-hydrogen) atoms. The summed E-state index contributed by atoms with van der Waals surface area (Å²) in [7, 11) is 4.17. The Morgan fingerprint density at radius 1 is 1.12 bits per heavy atom. The monoisotopic (exact) mass is 331 g/mol. The number of hydrogen-bond donors (Lipinski definition) is 0. The van der Waals surface area contributed by atoms with Gasteiger partial charge < -0.3 is 9.09 Å². The summed E-state index contributed by atoms with van der Waals surface area (Å²) in [6.45, 7) is 5.76. The molecule has 2 aromatic heterocycles. The predicted molar refractivity (Wildman–Crippen MR) is 87.3 cm³/mol. The topological polar surface area (TPSA) is 76.1 Å². The Hall–Kier alpha value is -1.80. The highest BCUT2D eigenvalue weighted by atomic mass is 16.5. The zero-order valence-corrected chi connectivity index (χ0v) is 14.6. The molecule has 0 radical (unpaired) electrons. The van der Waals surface area contributed by atoms with Crippen LogP contribution in [0.1, 0.15) is 55.1 Å². The van der Waals surface area contributed by atoms with Crippen LogP contribution < -0.4 is 0 Å². The summed E-state index contributed by atoms with van der Waals surface area (Å²) in [5.41, 5.74) is 0. The van der Waals surface area contributed by atoms with Crippen molar-refractivity contribution in [3.05, 3.63) is 23.4 Å². The molecule has 2 aliphatic rings. The highest BCUT2D eigenvalue weighted by Crippen LogP contribution is 2.38. The van der Waals surface area contributed by atoms with Gasteiger partial charge in [0.2, 0.25) is 5.89 Å². The second kappa shape index (κ2) is 6.25. The highest BCUT2D eigenvalue weighted by molar-refractivity contribution is 5.06. The zero-order valence-electron chi connectivity index (χ0n) is 14.6. The normalized spacial score (nSPS) is 23.0. The molecule has 0 amide bonds. The molecule has 1 saturated heterocycles. The fourth-order valence-electron chi connectivity index (χ4n) is 3.27. The smallest absolute Gasteiger partial charge is 0.245 e. The van der Waals surface area contributed by atoms with Gasteiger partial charge >= 0.3 is 0 Å². The minimum Gasteiger partial charge on any atom is -0.338 e. The van der Waals surface area contributed by atoms with Crippen LogP contribution in [0.3, 0.4) is 0 Å². The van der Waals surface area contributed by atoms with Gasteiger partial charge in [-0.2, -0.15) is 4.98 Å². The Kier molecular flexibility index (Phi) is 4.09. The molecule has 0 N–H and O–H groups in total. The summed E-state index contributed by atoms with van der Waals surface area (Å²) in [6, 6.07) is 0.151. The number of hydrogen-bond acceptors (Lipinski definition) is 7. The van der Waals surface area contributed by atoms with Gasteiger partial charge in [0.25, 0.3) is 0 Å². The lowest BCUT2D eigenvalue weighted by atomic mass is 10.1. The average Bonchev–Trinajstić information content (AvgIpc) is 3.22. The average molecular weight is 331 g/mol. The summed E-state index contributed by atoms with van der Waals surface area (Å²) >= 11 is 0. The molecule has 1 aliphatic carbocycles. The van der Waals surface area contributed by atoms with Gasteiger partial charge in [-0.15, -0.1) is 10.2 Å². The van der Waals surface area contributed by atoms with Crippen molar-refractivity contribution in [3.63, 3.8) is 0 Å². The van der Waals surface area contributed by atoms with Crippen LogP contribution in [0.4, 0.5) is 0 Å². The largest absolute Gasteiger partial charge is 0.338 e. The summed E-state index contributed by atoms with van der Waals surface area (Å²) in [6.07, 6.45) is 3.29. The van der Waals surface area contributed by atoms with E-state index in [2.05, 4.69) is 48.7 Å². The lowest BCUT2D eigenvalue weighted by Crippen LogP contribution is -2.46. The standard InChI is InChI=1S/C16H25N7O/c1-4-13-18-19-14(22(13)3)10-23-8-7-21(2)12(9-23)16-17-15(20-24-16)11-5-6-11/h11-12H,4-10H2,1-3H3/t12-/m0/s1. The molecule has 1 saturated carbocycles. The molecule has 130 valence electrons. The van der Waals surface area contributed by atoms with E-state index in [0.717, 1.165) is 56.0 Å². The predicted octanol–water partition coefficient (Wildman–Crippen LogP) is 1.13. The van der Waals surface area contributed by atoms with Crippen LogP contribution in [0.15, 0.2) is 4.52 Å². The molecule has 8 nitrogen and oxygen atoms in total. The fraction of sp³-hybridized carbons (Fsp3) is 0.750. The SMILES string of the molecule is CCc1nnc(CN2CCN(C)[C@H](c3nc(C4CC4)no3)C2)n1C. The second-order valence-corrected chi connectivity index (χ2v) is 6.94. The summed E-state index contributed by atoms with van der Waals surface area (Å²) in [4.78, 5) is 9.34. The van der Waals surface area contributed by atoms with Gasteiger partial charge in [-0.25, -0.2) is 0 Å². The van der Waals surface area contributed by atoms with E-state index in [9.17, 15) is 0 Å². The number of aryl methyl sites for hydroxylation is 1. The summed E-state index contributed by atoms with van der Waals surface area (Å²) in [5, 5.41) is 12.8. The number of piperazine rings is 1. The maximum Gasteiger partial charge on any atom is 0.245 e. The lowest BCUT2D eigenvalue weighted by molar-refractivity contribution is 0.0693. The van der Waals surface area contributed by atoms with Crippen molar-refractivity contribution in [2.24, 2.45) is 7.05 Å². The number of rotatable bonds is 5. The molecule has 0 unspecified atom stereocenters. The third-order valence-electron chi connectivity index (χ3n) is 5.15. The van der Waals surface area contributed by atoms with E-state index in [0.29, 0.717) is 5.92 Å². The van der Waals surface area contributed by atoms with Gasteiger partial charge in [-0.3, -0.25) is 9.80 Å². The van der Waals surface area contributed by atoms with E-state index in [1.54, 1.807) is 0 Å². The van der Waals surface area contributed by atoms with Crippen LogP contribution in [0.2, 0.25) is 0 Å². The first-order valence-corrected chi connectivity index (χ1v) is 8.79. The maximum absolute atomic E-state index is 5.56. The lowest BCUT2D eigenvalue weighted by Gasteiger charge is -2.37. The molecule has 0 bridgehead atoms. The minimum absolute atomic E-state index is 0.151. The van der Waals surface area contributed by atoms with Crippen LogP contribution in [0, 0.1) is 0 Å². The Bertz CT molecular complexity index is 705. The maximum atomic E-state index is 5.56. The van der Waals surface area contributed by atoms with Crippen molar-refractivity contribution in [1.82, 2.24) is 34.7 Å². The van der Waals surface area contributed by atoms with Gasteiger partial charge in [0.05, 0.1) is 6.54 Å². The quantitative estimate of drug-likeness (QED) is 0.813. The van der Waals surface area contributed by atoms with Crippen LogP contribution >= 0.6 is 0 Å². The third-order valence-corrected chi connectivity index (χ3v) is 5.15. The Balaban J connectivity index is 1.46. The van der Waals surface area contributed by atoms with Gasteiger partial charge in [-0.1, -0.05) is 12.1 Å². The van der Waals surface area contributed by atoms with Crippen molar-refractivity contribution in [2.75, 3.05) is 26.7 Å². The second-order valence-electron chi connectivity index (χ2n) is 6.94. The number of aromatic nitrogens is 5. The van der Waals surface area contributed by atoms with Crippen molar-refractivity contribution in [3.8, 4) is 0 Å². The van der Waals surface area contributed by atoms with Crippen molar-refractivity contribution in [2.45, 2.75) is 44.7 Å². The van der Waals surface area contributed by atoms with Crippen LogP contribution in [-0.4, -0.2) is 61.4 Å².